The van der Waals surface area contributed by atoms with E-state index in [-0.39, 0.29) is 0 Å². The molecule has 0 bridgehead atoms. The van der Waals surface area contributed by atoms with Gasteiger partial charge in [-0.25, -0.2) is 0 Å². The molecule has 1 atom stereocenters. The van der Waals surface area contributed by atoms with Crippen molar-refractivity contribution in [3.05, 3.63) is 28.8 Å². The van der Waals surface area contributed by atoms with E-state index in [0.29, 0.717) is 12.5 Å². The Bertz CT molecular complexity index is 392. The summed E-state index contributed by atoms with van der Waals surface area (Å²) in [4.78, 5) is 0. The molecular formula is C15H22ClNO2. The van der Waals surface area contributed by atoms with Crippen LogP contribution in [-0.2, 0) is 11.3 Å². The number of benzene rings is 1. The van der Waals surface area contributed by atoms with E-state index >= 15 is 0 Å². The Labute approximate surface area is 120 Å². The van der Waals surface area contributed by atoms with Gasteiger partial charge in [-0.1, -0.05) is 24.6 Å². The highest BCUT2D eigenvalue weighted by atomic mass is 35.5. The predicted octanol–water partition coefficient (Wildman–Crippen LogP) is 3.25. The van der Waals surface area contributed by atoms with Crippen molar-refractivity contribution >= 4 is 11.6 Å². The molecule has 4 heteroatoms. The van der Waals surface area contributed by atoms with Gasteiger partial charge in [0.25, 0.3) is 0 Å². The van der Waals surface area contributed by atoms with Crippen molar-refractivity contribution in [3.8, 4) is 5.75 Å². The molecule has 3 nitrogen and oxygen atoms in total. The highest BCUT2D eigenvalue weighted by Crippen LogP contribution is 2.27. The van der Waals surface area contributed by atoms with Crippen LogP contribution in [-0.4, -0.2) is 26.4 Å². The van der Waals surface area contributed by atoms with Crippen LogP contribution in [0.2, 0.25) is 5.02 Å². The average Bonchev–Trinajstić information content (AvgIpc) is 2.92. The van der Waals surface area contributed by atoms with Crippen LogP contribution < -0.4 is 10.1 Å². The molecule has 1 aromatic carbocycles. The number of hydrogen-bond acceptors (Lipinski definition) is 3. The van der Waals surface area contributed by atoms with Crippen LogP contribution in [0.4, 0.5) is 0 Å². The van der Waals surface area contributed by atoms with E-state index in [2.05, 4.69) is 12.2 Å². The third-order valence-electron chi connectivity index (χ3n) is 3.30. The molecule has 0 aliphatic carbocycles. The van der Waals surface area contributed by atoms with Crippen LogP contribution in [0.5, 0.6) is 5.75 Å². The molecule has 1 aliphatic heterocycles. The first-order valence-corrected chi connectivity index (χ1v) is 7.37. The second-order valence-corrected chi connectivity index (χ2v) is 5.34. The average molecular weight is 284 g/mol. The second-order valence-electron chi connectivity index (χ2n) is 4.93. The summed E-state index contributed by atoms with van der Waals surface area (Å²) in [5, 5.41) is 4.14. The maximum atomic E-state index is 6.26. The second kappa shape index (κ2) is 7.73. The van der Waals surface area contributed by atoms with E-state index in [9.17, 15) is 0 Å². The minimum absolute atomic E-state index is 0.510. The first-order valence-electron chi connectivity index (χ1n) is 7.00. The van der Waals surface area contributed by atoms with Gasteiger partial charge >= 0.3 is 0 Å². The monoisotopic (exact) mass is 283 g/mol. The van der Waals surface area contributed by atoms with Crippen molar-refractivity contribution < 1.29 is 9.47 Å². The van der Waals surface area contributed by atoms with Crippen molar-refractivity contribution in [2.45, 2.75) is 26.3 Å². The van der Waals surface area contributed by atoms with Gasteiger partial charge in [-0.05, 0) is 31.5 Å². The summed E-state index contributed by atoms with van der Waals surface area (Å²) in [6, 6.07) is 5.84. The lowest BCUT2D eigenvalue weighted by molar-refractivity contribution is 0.166. The van der Waals surface area contributed by atoms with Gasteiger partial charge in [0, 0.05) is 29.7 Å². The Kier molecular flexibility index (Phi) is 5.95. The van der Waals surface area contributed by atoms with Gasteiger partial charge in [-0.15, -0.1) is 0 Å². The minimum Gasteiger partial charge on any atom is -0.493 e. The summed E-state index contributed by atoms with van der Waals surface area (Å²) in [5.41, 5.74) is 1.05. The number of rotatable bonds is 7. The molecule has 1 unspecified atom stereocenters. The molecule has 1 aromatic rings. The SMILES string of the molecule is CCCNCc1c(Cl)cccc1OCC1CCOC1. The summed E-state index contributed by atoms with van der Waals surface area (Å²) in [6.07, 6.45) is 2.20. The molecule has 0 radical (unpaired) electrons. The Morgan fingerprint density at radius 1 is 1.47 bits per heavy atom. The van der Waals surface area contributed by atoms with Crippen molar-refractivity contribution in [2.24, 2.45) is 5.92 Å². The summed E-state index contributed by atoms with van der Waals surface area (Å²) in [7, 11) is 0. The van der Waals surface area contributed by atoms with Gasteiger partial charge in [-0.3, -0.25) is 0 Å². The molecule has 0 saturated carbocycles. The van der Waals surface area contributed by atoms with Crippen molar-refractivity contribution in [3.63, 3.8) is 0 Å². The first kappa shape index (κ1) is 14.6. The molecule has 0 spiro atoms. The lowest BCUT2D eigenvalue weighted by Gasteiger charge is -2.15. The Balaban J connectivity index is 1.95. The highest BCUT2D eigenvalue weighted by Gasteiger charge is 2.17. The molecule has 1 N–H and O–H groups in total. The largest absolute Gasteiger partial charge is 0.493 e. The molecule has 1 aliphatic rings. The smallest absolute Gasteiger partial charge is 0.125 e. The Hall–Kier alpha value is -0.770. The van der Waals surface area contributed by atoms with E-state index in [0.717, 1.165) is 55.5 Å². The number of ether oxygens (including phenoxy) is 2. The quantitative estimate of drug-likeness (QED) is 0.779. The molecule has 2 rings (SSSR count). The van der Waals surface area contributed by atoms with Crippen molar-refractivity contribution in [1.82, 2.24) is 5.32 Å². The van der Waals surface area contributed by atoms with Gasteiger partial charge in [0.1, 0.15) is 5.75 Å². The fourth-order valence-corrected chi connectivity index (χ4v) is 2.39. The van der Waals surface area contributed by atoms with Crippen LogP contribution in [0, 0.1) is 5.92 Å². The lowest BCUT2D eigenvalue weighted by atomic mass is 10.1. The topological polar surface area (TPSA) is 30.5 Å². The van der Waals surface area contributed by atoms with Crippen LogP contribution in [0.15, 0.2) is 18.2 Å². The molecule has 19 heavy (non-hydrogen) atoms. The fraction of sp³-hybridized carbons (Fsp3) is 0.600. The number of hydrogen-bond donors (Lipinski definition) is 1. The van der Waals surface area contributed by atoms with Crippen LogP contribution in [0.3, 0.4) is 0 Å². The Morgan fingerprint density at radius 2 is 2.37 bits per heavy atom. The van der Waals surface area contributed by atoms with Gasteiger partial charge in [0.15, 0.2) is 0 Å². The zero-order valence-corrected chi connectivity index (χ0v) is 12.2. The minimum atomic E-state index is 0.510. The molecule has 1 fully saturated rings. The zero-order valence-electron chi connectivity index (χ0n) is 11.5. The summed E-state index contributed by atoms with van der Waals surface area (Å²) in [5.74, 6) is 1.40. The number of nitrogens with one attached hydrogen (secondary N) is 1. The molecule has 1 heterocycles. The van der Waals surface area contributed by atoms with Gasteiger partial charge < -0.3 is 14.8 Å². The van der Waals surface area contributed by atoms with Crippen molar-refractivity contribution in [2.75, 3.05) is 26.4 Å². The predicted molar refractivity (Wildman–Crippen MR) is 77.9 cm³/mol. The first-order chi connectivity index (χ1) is 9.31. The summed E-state index contributed by atoms with van der Waals surface area (Å²) < 4.78 is 11.3. The maximum absolute atomic E-state index is 6.26. The standard InChI is InChI=1S/C15H22ClNO2/c1-2-7-17-9-13-14(16)4-3-5-15(13)19-11-12-6-8-18-10-12/h3-5,12,17H,2,6-11H2,1H3. The third kappa shape index (κ3) is 4.37. The molecule has 0 amide bonds. The number of halogens is 1. The molecule has 106 valence electrons. The fourth-order valence-electron chi connectivity index (χ4n) is 2.16. The third-order valence-corrected chi connectivity index (χ3v) is 3.66. The van der Waals surface area contributed by atoms with E-state index in [4.69, 9.17) is 21.1 Å². The van der Waals surface area contributed by atoms with Crippen LogP contribution >= 0.6 is 11.6 Å². The molecular weight excluding hydrogens is 262 g/mol. The normalized spacial score (nSPS) is 18.7. The molecule has 0 aromatic heterocycles. The summed E-state index contributed by atoms with van der Waals surface area (Å²) in [6.45, 7) is 6.27. The van der Waals surface area contributed by atoms with E-state index in [1.54, 1.807) is 0 Å². The van der Waals surface area contributed by atoms with Gasteiger partial charge in [-0.2, -0.15) is 0 Å². The van der Waals surface area contributed by atoms with Crippen molar-refractivity contribution in [1.29, 1.82) is 0 Å². The highest BCUT2D eigenvalue weighted by molar-refractivity contribution is 6.31. The van der Waals surface area contributed by atoms with Gasteiger partial charge in [0.2, 0.25) is 0 Å². The summed E-state index contributed by atoms with van der Waals surface area (Å²) >= 11 is 6.26. The van der Waals surface area contributed by atoms with E-state index in [1.165, 1.54) is 0 Å². The van der Waals surface area contributed by atoms with Crippen LogP contribution in [0.25, 0.3) is 0 Å². The maximum Gasteiger partial charge on any atom is 0.125 e. The van der Waals surface area contributed by atoms with Gasteiger partial charge in [0.05, 0.1) is 13.2 Å². The Morgan fingerprint density at radius 3 is 3.11 bits per heavy atom. The molecule has 1 saturated heterocycles. The van der Waals surface area contributed by atoms with Crippen LogP contribution in [0.1, 0.15) is 25.3 Å². The lowest BCUT2D eigenvalue weighted by Crippen LogP contribution is -2.17. The van der Waals surface area contributed by atoms with E-state index < -0.39 is 0 Å². The zero-order chi connectivity index (χ0) is 13.5. The van der Waals surface area contributed by atoms with E-state index in [1.807, 2.05) is 18.2 Å².